The van der Waals surface area contributed by atoms with Crippen molar-refractivity contribution < 1.29 is 13.9 Å². The third-order valence-electron chi connectivity index (χ3n) is 3.79. The van der Waals surface area contributed by atoms with Crippen LogP contribution in [0, 0.1) is 5.82 Å². The van der Waals surface area contributed by atoms with Gasteiger partial charge >= 0.3 is 6.09 Å². The summed E-state index contributed by atoms with van der Waals surface area (Å²) in [5.74, 6) is 0.258. The quantitative estimate of drug-likeness (QED) is 0.696. The Bertz CT molecular complexity index is 700. The molecule has 8 heteroatoms. The second kappa shape index (κ2) is 12.4. The number of nitrogens with one attached hydrogen (secondary N) is 2. The highest BCUT2D eigenvalue weighted by Gasteiger charge is 2.11. The van der Waals surface area contributed by atoms with Crippen molar-refractivity contribution in [2.45, 2.75) is 12.5 Å². The fourth-order valence-corrected chi connectivity index (χ4v) is 2.40. The summed E-state index contributed by atoms with van der Waals surface area (Å²) in [6.45, 7) is 0.701. The molecule has 1 amide bonds. The van der Waals surface area contributed by atoms with Gasteiger partial charge in [-0.3, -0.25) is 0 Å². The van der Waals surface area contributed by atoms with Gasteiger partial charge in [-0.1, -0.05) is 18.2 Å². The minimum atomic E-state index is -0.405. The highest BCUT2D eigenvalue weighted by atomic mass is 35.5. The standard InChI is InChI=1S/C19H24FN3O2.2ClH/c1-21-18(11-12-22-16-6-4-5-15(20)13-16)14-7-9-17(10-8-14)25-19(24)23(2)3;;/h4-10,13,18,21-22H,11-12H2,1-3H3;2*1H. The zero-order valence-corrected chi connectivity index (χ0v) is 17.2. The number of carbonyl (C=O) groups excluding carboxylic acids is 1. The van der Waals surface area contributed by atoms with Gasteiger partial charge in [-0.25, -0.2) is 9.18 Å². The molecule has 0 fully saturated rings. The van der Waals surface area contributed by atoms with Crippen LogP contribution in [0.15, 0.2) is 48.5 Å². The Morgan fingerprint density at radius 3 is 2.37 bits per heavy atom. The van der Waals surface area contributed by atoms with Crippen molar-refractivity contribution in [3.8, 4) is 5.75 Å². The number of nitrogens with zero attached hydrogens (tertiary/aromatic N) is 1. The number of halogens is 3. The molecular formula is C19H26Cl2FN3O2. The smallest absolute Gasteiger partial charge is 0.410 e. The molecule has 0 spiro atoms. The Labute approximate surface area is 172 Å². The number of amides is 1. The van der Waals surface area contributed by atoms with Crippen LogP contribution in [0.5, 0.6) is 5.75 Å². The summed E-state index contributed by atoms with van der Waals surface area (Å²) >= 11 is 0. The fraction of sp³-hybridized carbons (Fsp3) is 0.316. The normalized spacial score (nSPS) is 10.8. The maximum atomic E-state index is 13.2. The van der Waals surface area contributed by atoms with Gasteiger partial charge in [0, 0.05) is 32.4 Å². The summed E-state index contributed by atoms with van der Waals surface area (Å²) < 4.78 is 18.4. The molecule has 0 aliphatic carbocycles. The Morgan fingerprint density at radius 1 is 1.15 bits per heavy atom. The van der Waals surface area contributed by atoms with E-state index in [0.29, 0.717) is 12.3 Å². The fourth-order valence-electron chi connectivity index (χ4n) is 2.40. The molecule has 1 atom stereocenters. The summed E-state index contributed by atoms with van der Waals surface area (Å²) in [4.78, 5) is 12.9. The predicted molar refractivity (Wildman–Crippen MR) is 112 cm³/mol. The Morgan fingerprint density at radius 2 is 1.81 bits per heavy atom. The van der Waals surface area contributed by atoms with E-state index >= 15 is 0 Å². The lowest BCUT2D eigenvalue weighted by molar-refractivity contribution is 0.172. The zero-order chi connectivity index (χ0) is 18.2. The first kappa shape index (κ1) is 25.0. The van der Waals surface area contributed by atoms with Gasteiger partial charge in [0.15, 0.2) is 0 Å². The van der Waals surface area contributed by atoms with Crippen molar-refractivity contribution in [1.82, 2.24) is 10.2 Å². The lowest BCUT2D eigenvalue weighted by atomic mass is 10.0. The van der Waals surface area contributed by atoms with Crippen LogP contribution in [0.4, 0.5) is 14.9 Å². The molecule has 0 radical (unpaired) electrons. The van der Waals surface area contributed by atoms with Crippen molar-refractivity contribution >= 4 is 36.6 Å². The Hall–Kier alpha value is -2.02. The molecule has 0 saturated carbocycles. The van der Waals surface area contributed by atoms with Gasteiger partial charge in [0.05, 0.1) is 0 Å². The topological polar surface area (TPSA) is 53.6 Å². The average molecular weight is 418 g/mol. The molecule has 150 valence electrons. The summed E-state index contributed by atoms with van der Waals surface area (Å²) in [5.41, 5.74) is 1.86. The highest BCUT2D eigenvalue weighted by molar-refractivity contribution is 5.85. The van der Waals surface area contributed by atoms with Crippen LogP contribution in [-0.2, 0) is 0 Å². The maximum Gasteiger partial charge on any atom is 0.414 e. The summed E-state index contributed by atoms with van der Waals surface area (Å²) in [7, 11) is 5.17. The molecular weight excluding hydrogens is 392 g/mol. The van der Waals surface area contributed by atoms with Crippen LogP contribution < -0.4 is 15.4 Å². The van der Waals surface area contributed by atoms with Gasteiger partial charge in [-0.05, 0) is 49.4 Å². The van der Waals surface area contributed by atoms with Gasteiger partial charge in [-0.2, -0.15) is 0 Å². The molecule has 2 N–H and O–H groups in total. The van der Waals surface area contributed by atoms with E-state index in [0.717, 1.165) is 17.7 Å². The van der Waals surface area contributed by atoms with Crippen LogP contribution in [0.3, 0.4) is 0 Å². The van der Waals surface area contributed by atoms with Gasteiger partial charge in [0.25, 0.3) is 0 Å². The molecule has 2 rings (SSSR count). The molecule has 5 nitrogen and oxygen atoms in total. The third kappa shape index (κ3) is 8.03. The number of ether oxygens (including phenoxy) is 1. The number of hydrogen-bond acceptors (Lipinski definition) is 4. The number of rotatable bonds is 7. The zero-order valence-electron chi connectivity index (χ0n) is 15.6. The average Bonchev–Trinajstić information content (AvgIpc) is 2.59. The second-order valence-corrected chi connectivity index (χ2v) is 5.90. The molecule has 0 heterocycles. The maximum absolute atomic E-state index is 13.2. The SMILES string of the molecule is CNC(CCNc1cccc(F)c1)c1ccc(OC(=O)N(C)C)cc1.Cl.Cl. The molecule has 1 unspecified atom stereocenters. The highest BCUT2D eigenvalue weighted by Crippen LogP contribution is 2.21. The summed E-state index contributed by atoms with van der Waals surface area (Å²) in [6, 6.07) is 14.0. The van der Waals surface area contributed by atoms with Crippen LogP contribution in [0.2, 0.25) is 0 Å². The number of anilines is 1. The van der Waals surface area contributed by atoms with Crippen LogP contribution in [-0.4, -0.2) is 38.7 Å². The second-order valence-electron chi connectivity index (χ2n) is 5.90. The molecule has 27 heavy (non-hydrogen) atoms. The molecule has 0 aromatic heterocycles. The molecule has 2 aromatic rings. The Kier molecular flexibility index (Phi) is 11.5. The molecule has 0 saturated heterocycles. The van der Waals surface area contributed by atoms with E-state index in [1.165, 1.54) is 17.0 Å². The third-order valence-corrected chi connectivity index (χ3v) is 3.79. The van der Waals surface area contributed by atoms with Crippen molar-refractivity contribution in [3.05, 3.63) is 59.9 Å². The number of hydrogen-bond donors (Lipinski definition) is 2. The lowest BCUT2D eigenvalue weighted by Gasteiger charge is -2.18. The van der Waals surface area contributed by atoms with Gasteiger partial charge in [0.2, 0.25) is 0 Å². The first-order chi connectivity index (χ1) is 12.0. The van der Waals surface area contributed by atoms with Crippen molar-refractivity contribution in [2.75, 3.05) is 33.0 Å². The molecule has 2 aromatic carbocycles. The number of benzene rings is 2. The van der Waals surface area contributed by atoms with E-state index in [-0.39, 0.29) is 36.7 Å². The largest absolute Gasteiger partial charge is 0.414 e. The van der Waals surface area contributed by atoms with Crippen molar-refractivity contribution in [1.29, 1.82) is 0 Å². The minimum Gasteiger partial charge on any atom is -0.410 e. The monoisotopic (exact) mass is 417 g/mol. The number of carbonyl (C=O) groups is 1. The van der Waals surface area contributed by atoms with E-state index < -0.39 is 6.09 Å². The first-order valence-corrected chi connectivity index (χ1v) is 8.15. The van der Waals surface area contributed by atoms with Gasteiger partial charge in [-0.15, -0.1) is 24.8 Å². The molecule has 0 bridgehead atoms. The molecule has 0 aliphatic rings. The van der Waals surface area contributed by atoms with Crippen LogP contribution in [0.25, 0.3) is 0 Å². The van der Waals surface area contributed by atoms with Gasteiger partial charge in [0.1, 0.15) is 11.6 Å². The van der Waals surface area contributed by atoms with E-state index in [2.05, 4.69) is 10.6 Å². The van der Waals surface area contributed by atoms with Gasteiger partial charge < -0.3 is 20.3 Å². The van der Waals surface area contributed by atoms with E-state index in [9.17, 15) is 9.18 Å². The van der Waals surface area contributed by atoms with Crippen molar-refractivity contribution in [3.63, 3.8) is 0 Å². The first-order valence-electron chi connectivity index (χ1n) is 8.15. The lowest BCUT2D eigenvalue weighted by Crippen LogP contribution is -2.25. The van der Waals surface area contributed by atoms with E-state index in [1.54, 1.807) is 32.3 Å². The minimum absolute atomic E-state index is 0. The van der Waals surface area contributed by atoms with Crippen molar-refractivity contribution in [2.24, 2.45) is 0 Å². The van der Waals surface area contributed by atoms with Crippen LogP contribution >= 0.6 is 24.8 Å². The Balaban J connectivity index is 0.00000338. The van der Waals surface area contributed by atoms with E-state index in [1.807, 2.05) is 25.2 Å². The molecule has 0 aliphatic heterocycles. The summed E-state index contributed by atoms with van der Waals surface area (Å²) in [5, 5.41) is 6.48. The van der Waals surface area contributed by atoms with Crippen LogP contribution in [0.1, 0.15) is 18.0 Å². The van der Waals surface area contributed by atoms with E-state index in [4.69, 9.17) is 4.74 Å². The summed E-state index contributed by atoms with van der Waals surface area (Å²) in [6.07, 6.45) is 0.418. The predicted octanol–water partition coefficient (Wildman–Crippen LogP) is 4.49.